The Morgan fingerprint density at radius 1 is 1.42 bits per heavy atom. The standard InChI is InChI=1S/C17H21F2NO4/c1-17(2,3)24-16(22)20-8-10-6-12(21)9-23-15(10)13-7-11(18)4-5-14(13)19/h4-5,7-8,10,12,15,21H,6,9H2,1-3H3/t10?,12-,15-/m0/s1. The number of nitrogens with zero attached hydrogens (tertiary/aromatic N) is 1. The molecule has 1 aromatic carbocycles. The van der Waals surface area contributed by atoms with Crippen LogP contribution in [0.15, 0.2) is 23.2 Å². The molecule has 1 aliphatic rings. The lowest BCUT2D eigenvalue weighted by Gasteiger charge is -2.32. The third-order valence-electron chi connectivity index (χ3n) is 3.43. The lowest BCUT2D eigenvalue weighted by atomic mass is 9.89. The fourth-order valence-electron chi connectivity index (χ4n) is 2.48. The summed E-state index contributed by atoms with van der Waals surface area (Å²) < 4.78 is 38.0. The molecule has 132 valence electrons. The van der Waals surface area contributed by atoms with E-state index in [1.807, 2.05) is 0 Å². The summed E-state index contributed by atoms with van der Waals surface area (Å²) >= 11 is 0. The second-order valence-electron chi connectivity index (χ2n) is 6.73. The predicted molar refractivity (Wildman–Crippen MR) is 83.9 cm³/mol. The third kappa shape index (κ3) is 5.07. The van der Waals surface area contributed by atoms with Gasteiger partial charge in [0.2, 0.25) is 0 Å². The summed E-state index contributed by atoms with van der Waals surface area (Å²) in [6, 6.07) is 3.08. The lowest BCUT2D eigenvalue weighted by Crippen LogP contribution is -2.34. The lowest BCUT2D eigenvalue weighted by molar-refractivity contribution is -0.0745. The molecular weight excluding hydrogens is 320 g/mol. The van der Waals surface area contributed by atoms with Gasteiger partial charge in [-0.25, -0.2) is 13.6 Å². The second-order valence-corrected chi connectivity index (χ2v) is 6.73. The number of hydrogen-bond acceptors (Lipinski definition) is 4. The zero-order chi connectivity index (χ0) is 17.9. The van der Waals surface area contributed by atoms with E-state index >= 15 is 0 Å². The number of carbonyl (C=O) groups is 1. The maximum absolute atomic E-state index is 14.0. The molecule has 1 fully saturated rings. The van der Waals surface area contributed by atoms with Crippen LogP contribution in [0.4, 0.5) is 13.6 Å². The van der Waals surface area contributed by atoms with E-state index in [0.717, 1.165) is 18.2 Å². The Bertz CT molecular complexity index is 628. The summed E-state index contributed by atoms with van der Waals surface area (Å²) in [6.07, 6.45) is -0.914. The summed E-state index contributed by atoms with van der Waals surface area (Å²) in [6.45, 7) is 5.12. The molecule has 1 aliphatic heterocycles. The van der Waals surface area contributed by atoms with Gasteiger partial charge in [-0.1, -0.05) is 0 Å². The van der Waals surface area contributed by atoms with Crippen molar-refractivity contribution in [1.29, 1.82) is 0 Å². The number of amides is 1. The van der Waals surface area contributed by atoms with Crippen LogP contribution in [0.2, 0.25) is 0 Å². The minimum absolute atomic E-state index is 0.00258. The first kappa shape index (κ1) is 18.5. The molecule has 1 N–H and O–H groups in total. The van der Waals surface area contributed by atoms with Crippen molar-refractivity contribution in [2.75, 3.05) is 6.61 Å². The highest BCUT2D eigenvalue weighted by Crippen LogP contribution is 2.34. The molecule has 0 saturated carbocycles. The molecule has 1 amide bonds. The normalized spacial score (nSPS) is 25.0. The Balaban J connectivity index is 2.20. The summed E-state index contributed by atoms with van der Waals surface area (Å²) in [5.41, 5.74) is -0.659. The van der Waals surface area contributed by atoms with Crippen molar-refractivity contribution < 1.29 is 28.2 Å². The van der Waals surface area contributed by atoms with Gasteiger partial charge in [-0.3, -0.25) is 0 Å². The van der Waals surface area contributed by atoms with Crippen molar-refractivity contribution in [3.05, 3.63) is 35.4 Å². The molecule has 0 aliphatic carbocycles. The molecule has 1 unspecified atom stereocenters. The first-order valence-corrected chi connectivity index (χ1v) is 7.67. The Morgan fingerprint density at radius 2 is 2.12 bits per heavy atom. The maximum atomic E-state index is 14.0. The summed E-state index contributed by atoms with van der Waals surface area (Å²) in [4.78, 5) is 15.4. The zero-order valence-corrected chi connectivity index (χ0v) is 13.8. The van der Waals surface area contributed by atoms with E-state index in [0.29, 0.717) is 0 Å². The van der Waals surface area contributed by atoms with Crippen molar-refractivity contribution in [1.82, 2.24) is 0 Å². The van der Waals surface area contributed by atoms with E-state index < -0.39 is 41.5 Å². The number of ether oxygens (including phenoxy) is 2. The van der Waals surface area contributed by atoms with Gasteiger partial charge in [0.25, 0.3) is 0 Å². The average molecular weight is 341 g/mol. The number of aliphatic imine (C=N–C) groups is 1. The van der Waals surface area contributed by atoms with Crippen molar-refractivity contribution in [3.8, 4) is 0 Å². The summed E-state index contributed by atoms with van der Waals surface area (Å²) in [7, 11) is 0. The van der Waals surface area contributed by atoms with Crippen LogP contribution in [0.1, 0.15) is 38.9 Å². The Labute approximate surface area is 139 Å². The minimum Gasteiger partial charge on any atom is -0.442 e. The molecule has 24 heavy (non-hydrogen) atoms. The van der Waals surface area contributed by atoms with E-state index in [1.165, 1.54) is 6.21 Å². The molecule has 0 spiro atoms. The molecule has 5 nitrogen and oxygen atoms in total. The number of rotatable bonds is 2. The van der Waals surface area contributed by atoms with Gasteiger partial charge in [0.05, 0.1) is 18.8 Å². The van der Waals surface area contributed by atoms with Crippen LogP contribution in [0.3, 0.4) is 0 Å². The topological polar surface area (TPSA) is 68.1 Å². The van der Waals surface area contributed by atoms with E-state index in [4.69, 9.17) is 9.47 Å². The molecule has 7 heteroatoms. The van der Waals surface area contributed by atoms with Crippen molar-refractivity contribution >= 4 is 12.3 Å². The average Bonchev–Trinajstić information content (AvgIpc) is 2.46. The van der Waals surface area contributed by atoms with Crippen LogP contribution in [-0.2, 0) is 9.47 Å². The van der Waals surface area contributed by atoms with Gasteiger partial charge in [0.15, 0.2) is 0 Å². The molecule has 1 aromatic rings. The summed E-state index contributed by atoms with van der Waals surface area (Å²) in [5.74, 6) is -1.80. The number of aliphatic hydroxyl groups excluding tert-OH is 1. The smallest absolute Gasteiger partial charge is 0.433 e. The summed E-state index contributed by atoms with van der Waals surface area (Å²) in [5, 5.41) is 9.75. The number of benzene rings is 1. The Hall–Kier alpha value is -1.86. The maximum Gasteiger partial charge on any atom is 0.433 e. The van der Waals surface area contributed by atoms with Gasteiger partial charge in [-0.15, -0.1) is 0 Å². The van der Waals surface area contributed by atoms with Crippen LogP contribution in [0.5, 0.6) is 0 Å². The number of aliphatic hydroxyl groups is 1. The highest BCUT2D eigenvalue weighted by atomic mass is 19.1. The first-order chi connectivity index (χ1) is 11.2. The van der Waals surface area contributed by atoms with Crippen LogP contribution < -0.4 is 0 Å². The molecule has 3 atom stereocenters. The van der Waals surface area contributed by atoms with E-state index in [1.54, 1.807) is 20.8 Å². The SMILES string of the molecule is CC(C)(C)OC(=O)N=CC1C[C@H](O)CO[C@@H]1c1cc(F)ccc1F. The van der Waals surface area contributed by atoms with Crippen molar-refractivity contribution in [2.24, 2.45) is 10.9 Å². The predicted octanol–water partition coefficient (Wildman–Crippen LogP) is 3.41. The third-order valence-corrected chi connectivity index (χ3v) is 3.43. The molecular formula is C17H21F2NO4. The van der Waals surface area contributed by atoms with Crippen molar-refractivity contribution in [2.45, 2.75) is 45.0 Å². The number of halogens is 2. The fraction of sp³-hybridized carbons (Fsp3) is 0.529. The molecule has 2 rings (SSSR count). The number of hydrogen-bond donors (Lipinski definition) is 1. The van der Waals surface area contributed by atoms with Gasteiger partial charge in [-0.2, -0.15) is 4.99 Å². The second kappa shape index (κ2) is 7.36. The Morgan fingerprint density at radius 3 is 2.79 bits per heavy atom. The van der Waals surface area contributed by atoms with E-state index in [9.17, 15) is 18.7 Å². The van der Waals surface area contributed by atoms with Crippen molar-refractivity contribution in [3.63, 3.8) is 0 Å². The molecule has 1 saturated heterocycles. The quantitative estimate of drug-likeness (QED) is 0.837. The van der Waals surface area contributed by atoms with Crippen LogP contribution in [0, 0.1) is 17.6 Å². The first-order valence-electron chi connectivity index (χ1n) is 7.67. The molecule has 0 bridgehead atoms. The fourth-order valence-corrected chi connectivity index (χ4v) is 2.48. The zero-order valence-electron chi connectivity index (χ0n) is 13.8. The van der Waals surface area contributed by atoms with Crippen LogP contribution in [-0.4, -0.2) is 35.7 Å². The highest BCUT2D eigenvalue weighted by molar-refractivity contribution is 5.80. The monoisotopic (exact) mass is 341 g/mol. The largest absolute Gasteiger partial charge is 0.442 e. The van der Waals surface area contributed by atoms with Crippen LogP contribution in [0.25, 0.3) is 0 Å². The molecule has 0 aromatic heterocycles. The van der Waals surface area contributed by atoms with E-state index in [-0.39, 0.29) is 18.6 Å². The number of carbonyl (C=O) groups excluding carboxylic acids is 1. The van der Waals surface area contributed by atoms with Gasteiger partial charge in [0, 0.05) is 17.7 Å². The van der Waals surface area contributed by atoms with Gasteiger partial charge >= 0.3 is 6.09 Å². The molecule has 0 radical (unpaired) electrons. The Kier molecular flexibility index (Phi) is 5.66. The van der Waals surface area contributed by atoms with Gasteiger partial charge in [-0.05, 0) is 45.4 Å². The van der Waals surface area contributed by atoms with Gasteiger partial charge < -0.3 is 14.6 Å². The minimum atomic E-state index is -0.838. The molecule has 1 heterocycles. The van der Waals surface area contributed by atoms with Crippen LogP contribution >= 0.6 is 0 Å². The van der Waals surface area contributed by atoms with Gasteiger partial charge in [0.1, 0.15) is 17.2 Å². The highest BCUT2D eigenvalue weighted by Gasteiger charge is 2.33. The van der Waals surface area contributed by atoms with E-state index in [2.05, 4.69) is 4.99 Å².